The Balaban J connectivity index is 2.21. The molecular formula is C16H17NO3S. The summed E-state index contributed by atoms with van der Waals surface area (Å²) < 4.78 is 0. The lowest BCUT2D eigenvalue weighted by molar-refractivity contribution is -0.136. The smallest absolute Gasteiger partial charge is 0.305 e. The molecule has 1 amide bonds. The number of hydrogen-bond acceptors (Lipinski definition) is 3. The number of rotatable bonds is 6. The van der Waals surface area contributed by atoms with E-state index in [4.69, 9.17) is 5.11 Å². The molecule has 0 aliphatic rings. The number of carbonyl (C=O) groups is 2. The zero-order valence-electron chi connectivity index (χ0n) is 11.8. The van der Waals surface area contributed by atoms with Crippen molar-refractivity contribution < 1.29 is 14.7 Å². The Bertz CT molecular complexity index is 622. The van der Waals surface area contributed by atoms with Gasteiger partial charge in [-0.25, -0.2) is 0 Å². The summed E-state index contributed by atoms with van der Waals surface area (Å²) in [4.78, 5) is 25.9. The lowest BCUT2D eigenvalue weighted by Crippen LogP contribution is -2.34. The number of carbonyl (C=O) groups excluding carboxylic acids is 1. The van der Waals surface area contributed by atoms with Crippen molar-refractivity contribution in [1.29, 1.82) is 0 Å². The van der Waals surface area contributed by atoms with Crippen LogP contribution in [0.25, 0.3) is 0 Å². The van der Waals surface area contributed by atoms with E-state index in [-0.39, 0.29) is 18.9 Å². The van der Waals surface area contributed by atoms with Crippen LogP contribution >= 0.6 is 11.3 Å². The van der Waals surface area contributed by atoms with Gasteiger partial charge in [-0.05, 0) is 30.0 Å². The highest BCUT2D eigenvalue weighted by Crippen LogP contribution is 2.21. The highest BCUT2D eigenvalue weighted by Gasteiger charge is 2.19. The molecule has 2 rings (SSSR count). The molecule has 0 bridgehead atoms. The first-order chi connectivity index (χ1) is 10.1. The maximum Gasteiger partial charge on any atom is 0.305 e. The minimum atomic E-state index is -0.905. The average molecular weight is 303 g/mol. The minimum absolute atomic E-state index is 0.0650. The second kappa shape index (κ2) is 7.04. The Hall–Kier alpha value is -2.14. The molecule has 0 atom stereocenters. The molecule has 1 N–H and O–H groups in total. The van der Waals surface area contributed by atoms with Crippen LogP contribution in [0.15, 0.2) is 41.8 Å². The summed E-state index contributed by atoms with van der Waals surface area (Å²) in [5.41, 5.74) is 1.74. The maximum atomic E-state index is 12.5. The van der Waals surface area contributed by atoms with Crippen LogP contribution in [0.3, 0.4) is 0 Å². The van der Waals surface area contributed by atoms with Crippen molar-refractivity contribution in [2.45, 2.75) is 19.8 Å². The molecule has 0 saturated carbocycles. The number of carboxylic acids is 1. The van der Waals surface area contributed by atoms with E-state index in [1.54, 1.807) is 4.90 Å². The Morgan fingerprint density at radius 1 is 1.19 bits per heavy atom. The van der Waals surface area contributed by atoms with E-state index < -0.39 is 5.97 Å². The van der Waals surface area contributed by atoms with E-state index in [9.17, 15) is 9.59 Å². The monoisotopic (exact) mass is 303 g/mol. The number of nitrogens with zero attached hydrogens (tertiary/aromatic N) is 1. The van der Waals surface area contributed by atoms with E-state index >= 15 is 0 Å². The van der Waals surface area contributed by atoms with E-state index in [2.05, 4.69) is 0 Å². The number of para-hydroxylation sites is 1. The first kappa shape index (κ1) is 15.3. The number of hydrogen-bond donors (Lipinski definition) is 1. The van der Waals surface area contributed by atoms with Gasteiger partial charge in [0.25, 0.3) is 0 Å². The first-order valence-electron chi connectivity index (χ1n) is 6.68. The van der Waals surface area contributed by atoms with Crippen LogP contribution in [-0.4, -0.2) is 23.5 Å². The molecule has 0 aliphatic heterocycles. The molecule has 1 heterocycles. The molecule has 1 aromatic carbocycles. The van der Waals surface area contributed by atoms with Gasteiger partial charge in [-0.2, -0.15) is 0 Å². The summed E-state index contributed by atoms with van der Waals surface area (Å²) in [5.74, 6) is -0.981. The number of amides is 1. The van der Waals surface area contributed by atoms with Crippen LogP contribution in [0.2, 0.25) is 0 Å². The third kappa shape index (κ3) is 4.16. The molecule has 0 aliphatic carbocycles. The van der Waals surface area contributed by atoms with E-state index in [0.717, 1.165) is 16.1 Å². The van der Waals surface area contributed by atoms with Gasteiger partial charge >= 0.3 is 5.97 Å². The molecule has 2 aromatic rings. The quantitative estimate of drug-likeness (QED) is 0.892. The first-order valence-corrected chi connectivity index (χ1v) is 7.56. The molecule has 21 heavy (non-hydrogen) atoms. The highest BCUT2D eigenvalue weighted by molar-refractivity contribution is 7.10. The highest BCUT2D eigenvalue weighted by atomic mass is 32.1. The molecule has 0 spiro atoms. The third-order valence-corrected chi connectivity index (χ3v) is 4.04. The van der Waals surface area contributed by atoms with Gasteiger partial charge in [0.2, 0.25) is 5.91 Å². The van der Waals surface area contributed by atoms with E-state index in [0.29, 0.717) is 6.42 Å². The lowest BCUT2D eigenvalue weighted by Gasteiger charge is -2.23. The number of carboxylic acid groups (broad SMARTS) is 1. The number of benzene rings is 1. The summed E-state index contributed by atoms with van der Waals surface area (Å²) in [6, 6.07) is 11.3. The molecule has 1 aromatic heterocycles. The zero-order chi connectivity index (χ0) is 15.2. The van der Waals surface area contributed by atoms with Crippen molar-refractivity contribution in [1.82, 2.24) is 0 Å². The Kier molecular flexibility index (Phi) is 5.11. The van der Waals surface area contributed by atoms with Crippen LogP contribution in [0.4, 0.5) is 5.69 Å². The number of anilines is 1. The topological polar surface area (TPSA) is 57.6 Å². The van der Waals surface area contributed by atoms with Gasteiger partial charge in [-0.3, -0.25) is 9.59 Å². The number of aliphatic carboxylic acids is 1. The van der Waals surface area contributed by atoms with Crippen molar-refractivity contribution in [2.24, 2.45) is 0 Å². The van der Waals surface area contributed by atoms with Gasteiger partial charge in [0.05, 0.1) is 12.8 Å². The van der Waals surface area contributed by atoms with Crippen LogP contribution in [0.1, 0.15) is 16.9 Å². The maximum absolute atomic E-state index is 12.5. The normalized spacial score (nSPS) is 10.3. The Morgan fingerprint density at radius 2 is 1.95 bits per heavy atom. The fourth-order valence-corrected chi connectivity index (χ4v) is 2.81. The summed E-state index contributed by atoms with van der Waals surface area (Å²) in [5, 5.41) is 10.8. The molecule has 4 nitrogen and oxygen atoms in total. The Labute approximate surface area is 127 Å². The molecule has 0 saturated heterocycles. The van der Waals surface area contributed by atoms with Crippen molar-refractivity contribution >= 4 is 28.9 Å². The van der Waals surface area contributed by atoms with E-state index in [1.165, 1.54) is 11.3 Å². The predicted molar refractivity (Wildman–Crippen MR) is 83.8 cm³/mol. The predicted octanol–water partition coefficient (Wildman–Crippen LogP) is 3.11. The molecule has 0 fully saturated rings. The van der Waals surface area contributed by atoms with Gasteiger partial charge in [0, 0.05) is 17.1 Å². The van der Waals surface area contributed by atoms with Crippen molar-refractivity contribution in [3.8, 4) is 0 Å². The summed E-state index contributed by atoms with van der Waals surface area (Å²) in [6.07, 6.45) is 0.232. The molecule has 110 valence electrons. The standard InChI is InChI=1S/C16H17NO3S/c1-12-5-2-3-7-14(12)17(9-8-16(19)20)15(18)11-13-6-4-10-21-13/h2-7,10H,8-9,11H2,1H3,(H,19,20). The second-order valence-corrected chi connectivity index (χ2v) is 5.76. The Morgan fingerprint density at radius 3 is 2.57 bits per heavy atom. The van der Waals surface area contributed by atoms with Crippen LogP contribution in [0.5, 0.6) is 0 Å². The second-order valence-electron chi connectivity index (χ2n) is 4.73. The van der Waals surface area contributed by atoms with Gasteiger partial charge in [-0.15, -0.1) is 11.3 Å². The van der Waals surface area contributed by atoms with Gasteiger partial charge in [0.1, 0.15) is 0 Å². The van der Waals surface area contributed by atoms with Crippen molar-refractivity contribution in [2.75, 3.05) is 11.4 Å². The van der Waals surface area contributed by atoms with Crippen molar-refractivity contribution in [3.63, 3.8) is 0 Å². The van der Waals surface area contributed by atoms with Gasteiger partial charge in [-0.1, -0.05) is 24.3 Å². The summed E-state index contributed by atoms with van der Waals surface area (Å²) in [7, 11) is 0. The number of thiophene rings is 1. The largest absolute Gasteiger partial charge is 0.481 e. The zero-order valence-corrected chi connectivity index (χ0v) is 12.6. The minimum Gasteiger partial charge on any atom is -0.481 e. The van der Waals surface area contributed by atoms with Crippen molar-refractivity contribution in [3.05, 3.63) is 52.2 Å². The van der Waals surface area contributed by atoms with Gasteiger partial charge < -0.3 is 10.0 Å². The van der Waals surface area contributed by atoms with E-state index in [1.807, 2.05) is 48.7 Å². The SMILES string of the molecule is Cc1ccccc1N(CCC(=O)O)C(=O)Cc1cccs1. The molecule has 0 radical (unpaired) electrons. The van der Waals surface area contributed by atoms with Crippen LogP contribution in [0, 0.1) is 6.92 Å². The number of aryl methyl sites for hydroxylation is 1. The van der Waals surface area contributed by atoms with Crippen LogP contribution in [-0.2, 0) is 16.0 Å². The fraction of sp³-hybridized carbons (Fsp3) is 0.250. The summed E-state index contributed by atoms with van der Waals surface area (Å²) in [6.45, 7) is 2.10. The molecular weight excluding hydrogens is 286 g/mol. The fourth-order valence-electron chi connectivity index (χ4n) is 2.11. The average Bonchev–Trinajstić information content (AvgIpc) is 2.93. The third-order valence-electron chi connectivity index (χ3n) is 3.16. The summed E-state index contributed by atoms with van der Waals surface area (Å²) >= 11 is 1.53. The molecule has 0 unspecified atom stereocenters. The van der Waals surface area contributed by atoms with Gasteiger partial charge in [0.15, 0.2) is 0 Å². The molecule has 5 heteroatoms. The van der Waals surface area contributed by atoms with Crippen LogP contribution < -0.4 is 4.90 Å². The lowest BCUT2D eigenvalue weighted by atomic mass is 10.1.